The summed E-state index contributed by atoms with van der Waals surface area (Å²) in [6, 6.07) is 2.12. The van der Waals surface area contributed by atoms with E-state index in [1.807, 2.05) is 6.20 Å². The number of thioether (sulfide) groups is 1. The van der Waals surface area contributed by atoms with Gasteiger partial charge < -0.3 is 4.74 Å². The van der Waals surface area contributed by atoms with Crippen LogP contribution in [-0.4, -0.2) is 17.3 Å². The van der Waals surface area contributed by atoms with Gasteiger partial charge >= 0.3 is 0 Å². The normalized spacial score (nSPS) is 16.2. The van der Waals surface area contributed by atoms with Crippen molar-refractivity contribution in [2.45, 2.75) is 50.0 Å². The Hall–Kier alpha value is -0.700. The second kappa shape index (κ2) is 4.28. The van der Waals surface area contributed by atoms with Crippen LogP contribution in [0.25, 0.3) is 0 Å². The third kappa shape index (κ3) is 2.70. The van der Waals surface area contributed by atoms with Crippen molar-refractivity contribution in [2.24, 2.45) is 0 Å². The van der Waals surface area contributed by atoms with Gasteiger partial charge in [-0.1, -0.05) is 20.8 Å². The molecule has 2 nitrogen and oxygen atoms in total. The molecule has 88 valence electrons. The highest BCUT2D eigenvalue weighted by Gasteiger charge is 2.28. The summed E-state index contributed by atoms with van der Waals surface area (Å²) in [4.78, 5) is 5.73. The number of aromatic nitrogens is 1. The number of rotatable bonds is 3. The van der Waals surface area contributed by atoms with Crippen LogP contribution in [0.1, 0.15) is 39.3 Å². The van der Waals surface area contributed by atoms with Gasteiger partial charge in [0.2, 0.25) is 0 Å². The molecule has 0 unspecified atom stereocenters. The van der Waals surface area contributed by atoms with Crippen LogP contribution >= 0.6 is 11.8 Å². The summed E-state index contributed by atoms with van der Waals surface area (Å²) >= 11 is 1.71. The largest absolute Gasteiger partial charge is 0.488 e. The summed E-state index contributed by atoms with van der Waals surface area (Å²) in [5.41, 5.74) is 1.11. The molecule has 0 N–H and O–H groups in total. The summed E-state index contributed by atoms with van der Waals surface area (Å²) in [5.74, 6) is 0.974. The van der Waals surface area contributed by atoms with E-state index >= 15 is 0 Å². The van der Waals surface area contributed by atoms with Gasteiger partial charge in [-0.3, -0.25) is 4.98 Å². The molecule has 0 aliphatic heterocycles. The highest BCUT2D eigenvalue weighted by Crippen LogP contribution is 2.35. The molecule has 16 heavy (non-hydrogen) atoms. The summed E-state index contributed by atoms with van der Waals surface area (Å²) < 4.78 is 5.95. The van der Waals surface area contributed by atoms with Crippen molar-refractivity contribution in [1.29, 1.82) is 0 Å². The van der Waals surface area contributed by atoms with Crippen molar-refractivity contribution in [3.63, 3.8) is 0 Å². The second-order valence-corrected chi connectivity index (χ2v) is 6.17. The van der Waals surface area contributed by atoms with E-state index in [1.54, 1.807) is 11.8 Å². The number of nitrogens with zero attached hydrogens (tertiary/aromatic N) is 1. The highest BCUT2D eigenvalue weighted by atomic mass is 32.2. The predicted molar refractivity (Wildman–Crippen MR) is 68.4 cm³/mol. The summed E-state index contributed by atoms with van der Waals surface area (Å²) in [7, 11) is 0. The molecule has 0 amide bonds. The van der Waals surface area contributed by atoms with Crippen LogP contribution in [0.15, 0.2) is 17.2 Å². The lowest BCUT2D eigenvalue weighted by Gasteiger charge is -2.21. The van der Waals surface area contributed by atoms with Gasteiger partial charge in [-0.25, -0.2) is 0 Å². The topological polar surface area (TPSA) is 22.1 Å². The predicted octanol–water partition coefficient (Wildman–Crippen LogP) is 3.64. The zero-order chi connectivity index (χ0) is 11.8. The van der Waals surface area contributed by atoms with Crippen LogP contribution < -0.4 is 4.74 Å². The highest BCUT2D eigenvalue weighted by molar-refractivity contribution is 7.98. The summed E-state index contributed by atoms with van der Waals surface area (Å²) in [6.07, 6.45) is 6.81. The molecule has 0 radical (unpaired) electrons. The first-order valence-electron chi connectivity index (χ1n) is 5.72. The molecule has 1 fully saturated rings. The Morgan fingerprint density at radius 3 is 2.56 bits per heavy atom. The fourth-order valence-corrected chi connectivity index (χ4v) is 1.94. The zero-order valence-corrected chi connectivity index (χ0v) is 11.2. The van der Waals surface area contributed by atoms with Crippen LogP contribution in [0, 0.1) is 0 Å². The Balaban J connectivity index is 2.33. The number of hydrogen-bond acceptors (Lipinski definition) is 3. The van der Waals surface area contributed by atoms with Gasteiger partial charge in [0, 0.05) is 16.5 Å². The maximum Gasteiger partial charge on any atom is 0.142 e. The molecule has 0 saturated heterocycles. The van der Waals surface area contributed by atoms with Crippen molar-refractivity contribution in [3.8, 4) is 5.75 Å². The molecular weight excluding hydrogens is 218 g/mol. The summed E-state index contributed by atoms with van der Waals surface area (Å²) in [6.45, 7) is 6.52. The van der Waals surface area contributed by atoms with E-state index in [0.29, 0.717) is 6.10 Å². The van der Waals surface area contributed by atoms with Crippen molar-refractivity contribution < 1.29 is 4.74 Å². The average molecular weight is 237 g/mol. The lowest BCUT2D eigenvalue weighted by Crippen LogP contribution is -2.16. The molecule has 3 heteroatoms. The lowest BCUT2D eigenvalue weighted by atomic mass is 9.91. The molecule has 1 heterocycles. The van der Waals surface area contributed by atoms with Crippen LogP contribution in [0.5, 0.6) is 5.75 Å². The van der Waals surface area contributed by atoms with E-state index in [2.05, 4.69) is 38.1 Å². The van der Waals surface area contributed by atoms with E-state index in [9.17, 15) is 0 Å². The van der Waals surface area contributed by atoms with Crippen LogP contribution in [0.4, 0.5) is 0 Å². The third-order valence-corrected chi connectivity index (χ3v) is 3.29. The molecule has 0 bridgehead atoms. The van der Waals surface area contributed by atoms with E-state index < -0.39 is 0 Å². The maximum atomic E-state index is 5.95. The molecule has 1 saturated carbocycles. The second-order valence-electron chi connectivity index (χ2n) is 5.29. The van der Waals surface area contributed by atoms with Gasteiger partial charge in [-0.2, -0.15) is 0 Å². The SMILES string of the molecule is CSc1cnc(C(C)(C)C)c(OC2CC2)c1. The minimum Gasteiger partial charge on any atom is -0.488 e. The average Bonchev–Trinajstić information content (AvgIpc) is 3.00. The van der Waals surface area contributed by atoms with E-state index in [-0.39, 0.29) is 5.41 Å². The standard InChI is InChI=1S/C13H19NOS/c1-13(2,3)12-11(15-9-5-6-9)7-10(16-4)8-14-12/h7-9H,5-6H2,1-4H3. The van der Waals surface area contributed by atoms with E-state index in [4.69, 9.17) is 4.74 Å². The smallest absolute Gasteiger partial charge is 0.142 e. The fraction of sp³-hybridized carbons (Fsp3) is 0.615. The minimum atomic E-state index is 0.0428. The molecule has 1 aromatic rings. The fourth-order valence-electron chi connectivity index (χ4n) is 1.56. The van der Waals surface area contributed by atoms with Crippen LogP contribution in [-0.2, 0) is 5.41 Å². The Morgan fingerprint density at radius 1 is 1.38 bits per heavy atom. The van der Waals surface area contributed by atoms with Crippen molar-refractivity contribution in [2.75, 3.05) is 6.26 Å². The molecule has 1 aliphatic rings. The number of hydrogen-bond donors (Lipinski definition) is 0. The maximum absolute atomic E-state index is 5.95. The van der Waals surface area contributed by atoms with Gasteiger partial charge in [0.05, 0.1) is 11.8 Å². The number of ether oxygens (including phenoxy) is 1. The first-order chi connectivity index (χ1) is 7.50. The Morgan fingerprint density at radius 2 is 2.06 bits per heavy atom. The first-order valence-corrected chi connectivity index (χ1v) is 6.94. The Labute approximate surface area is 102 Å². The lowest BCUT2D eigenvalue weighted by molar-refractivity contribution is 0.291. The zero-order valence-electron chi connectivity index (χ0n) is 10.4. The minimum absolute atomic E-state index is 0.0428. The van der Waals surface area contributed by atoms with Gasteiger partial charge in [-0.15, -0.1) is 11.8 Å². The van der Waals surface area contributed by atoms with E-state index in [0.717, 1.165) is 11.4 Å². The van der Waals surface area contributed by atoms with Gasteiger partial charge in [0.15, 0.2) is 0 Å². The number of pyridine rings is 1. The van der Waals surface area contributed by atoms with Crippen LogP contribution in [0.3, 0.4) is 0 Å². The Bertz CT molecular complexity index is 380. The van der Waals surface area contributed by atoms with Gasteiger partial charge in [0.25, 0.3) is 0 Å². The van der Waals surface area contributed by atoms with Gasteiger partial charge in [-0.05, 0) is 25.2 Å². The molecule has 1 aliphatic carbocycles. The van der Waals surface area contributed by atoms with Crippen molar-refractivity contribution >= 4 is 11.8 Å². The Kier molecular flexibility index (Phi) is 3.15. The molecule has 1 aromatic heterocycles. The molecule has 0 spiro atoms. The molecule has 2 rings (SSSR count). The van der Waals surface area contributed by atoms with Crippen molar-refractivity contribution in [3.05, 3.63) is 18.0 Å². The van der Waals surface area contributed by atoms with Crippen molar-refractivity contribution in [1.82, 2.24) is 4.98 Å². The monoisotopic (exact) mass is 237 g/mol. The first kappa shape index (κ1) is 11.8. The van der Waals surface area contributed by atoms with Gasteiger partial charge in [0.1, 0.15) is 5.75 Å². The molecule has 0 atom stereocenters. The quantitative estimate of drug-likeness (QED) is 0.749. The van der Waals surface area contributed by atoms with Crippen LogP contribution in [0.2, 0.25) is 0 Å². The molecule has 0 aromatic carbocycles. The third-order valence-electron chi connectivity index (χ3n) is 2.59. The molecular formula is C13H19NOS. The van der Waals surface area contributed by atoms with E-state index in [1.165, 1.54) is 17.7 Å². The summed E-state index contributed by atoms with van der Waals surface area (Å²) in [5, 5.41) is 0.